The van der Waals surface area contributed by atoms with E-state index in [0.717, 1.165) is 32.2 Å². The summed E-state index contributed by atoms with van der Waals surface area (Å²) in [5.41, 5.74) is 2.51. The number of rotatable bonds is 5. The molecule has 5 nitrogen and oxygen atoms in total. The van der Waals surface area contributed by atoms with Crippen molar-refractivity contribution in [2.75, 3.05) is 13.1 Å². The minimum Gasteiger partial charge on any atom is -0.393 e. The van der Waals surface area contributed by atoms with Gasteiger partial charge in [-0.15, -0.1) is 0 Å². The SMILES string of the molecule is O=C(NCc1ccccc1CN1CCCCC1)NC1CCC(O)CC1. The number of piperidine rings is 1. The molecule has 3 rings (SSSR count). The van der Waals surface area contributed by atoms with E-state index < -0.39 is 0 Å². The van der Waals surface area contributed by atoms with Crippen LogP contribution >= 0.6 is 0 Å². The highest BCUT2D eigenvalue weighted by Crippen LogP contribution is 2.18. The van der Waals surface area contributed by atoms with E-state index in [0.29, 0.717) is 6.54 Å². The molecule has 5 heteroatoms. The first-order chi connectivity index (χ1) is 12.2. The summed E-state index contributed by atoms with van der Waals surface area (Å²) in [6.45, 7) is 3.89. The maximum Gasteiger partial charge on any atom is 0.315 e. The smallest absolute Gasteiger partial charge is 0.315 e. The zero-order valence-electron chi connectivity index (χ0n) is 15.0. The Hall–Kier alpha value is -1.59. The van der Waals surface area contributed by atoms with Gasteiger partial charge in [0.25, 0.3) is 0 Å². The summed E-state index contributed by atoms with van der Waals surface area (Å²) in [6.07, 6.45) is 7.02. The molecule has 0 bridgehead atoms. The van der Waals surface area contributed by atoms with E-state index >= 15 is 0 Å². The third kappa shape index (κ3) is 5.72. The van der Waals surface area contributed by atoms with Gasteiger partial charge in [0.2, 0.25) is 0 Å². The number of hydrogen-bond acceptors (Lipinski definition) is 3. The number of carbonyl (C=O) groups excluding carboxylic acids is 1. The normalized spacial score (nSPS) is 24.7. The minimum atomic E-state index is -0.192. The number of aliphatic hydroxyl groups is 1. The molecule has 1 heterocycles. The molecule has 2 amide bonds. The Bertz CT molecular complexity index is 550. The van der Waals surface area contributed by atoms with Gasteiger partial charge in [0.1, 0.15) is 0 Å². The number of aliphatic hydroxyl groups excluding tert-OH is 1. The molecule has 1 saturated carbocycles. The predicted octanol–water partition coefficient (Wildman–Crippen LogP) is 2.78. The largest absolute Gasteiger partial charge is 0.393 e. The highest BCUT2D eigenvalue weighted by molar-refractivity contribution is 5.74. The molecule has 1 aliphatic heterocycles. The summed E-state index contributed by atoms with van der Waals surface area (Å²) in [7, 11) is 0. The molecule has 138 valence electrons. The molecular formula is C20H31N3O2. The van der Waals surface area contributed by atoms with Crippen LogP contribution in [0, 0.1) is 0 Å². The van der Waals surface area contributed by atoms with Crippen molar-refractivity contribution in [3.05, 3.63) is 35.4 Å². The van der Waals surface area contributed by atoms with E-state index in [1.807, 2.05) is 6.07 Å². The van der Waals surface area contributed by atoms with Crippen molar-refractivity contribution >= 4 is 6.03 Å². The van der Waals surface area contributed by atoms with Crippen molar-refractivity contribution in [1.29, 1.82) is 0 Å². The monoisotopic (exact) mass is 345 g/mol. The van der Waals surface area contributed by atoms with Crippen molar-refractivity contribution in [2.45, 2.75) is 70.2 Å². The van der Waals surface area contributed by atoms with E-state index in [-0.39, 0.29) is 18.2 Å². The lowest BCUT2D eigenvalue weighted by Gasteiger charge is -2.27. The van der Waals surface area contributed by atoms with Crippen LogP contribution in [-0.2, 0) is 13.1 Å². The van der Waals surface area contributed by atoms with Crippen LogP contribution in [0.25, 0.3) is 0 Å². The Morgan fingerprint density at radius 3 is 2.44 bits per heavy atom. The van der Waals surface area contributed by atoms with E-state index in [9.17, 15) is 9.90 Å². The molecule has 1 aliphatic carbocycles. The molecule has 1 aromatic carbocycles. The number of likely N-dealkylation sites (tertiary alicyclic amines) is 1. The number of hydrogen-bond donors (Lipinski definition) is 3. The van der Waals surface area contributed by atoms with Crippen LogP contribution in [0.1, 0.15) is 56.1 Å². The molecule has 0 unspecified atom stereocenters. The molecule has 0 spiro atoms. The Morgan fingerprint density at radius 2 is 1.72 bits per heavy atom. The molecular weight excluding hydrogens is 314 g/mol. The van der Waals surface area contributed by atoms with Crippen LogP contribution in [0.5, 0.6) is 0 Å². The standard InChI is InChI=1S/C20H31N3O2/c24-19-10-8-18(9-11-19)22-20(25)21-14-16-6-2-3-7-17(16)15-23-12-4-1-5-13-23/h2-3,6-7,18-19,24H,1,4-5,8-15H2,(H2,21,22,25). The maximum atomic E-state index is 12.2. The van der Waals surface area contributed by atoms with Gasteiger partial charge >= 0.3 is 6.03 Å². The zero-order valence-corrected chi connectivity index (χ0v) is 15.0. The molecule has 25 heavy (non-hydrogen) atoms. The van der Waals surface area contributed by atoms with Gasteiger partial charge in [-0.25, -0.2) is 4.79 Å². The van der Waals surface area contributed by atoms with Crippen LogP contribution in [0.3, 0.4) is 0 Å². The van der Waals surface area contributed by atoms with E-state index in [1.165, 1.54) is 43.5 Å². The summed E-state index contributed by atoms with van der Waals surface area (Å²) in [5.74, 6) is 0. The van der Waals surface area contributed by atoms with Gasteiger partial charge in [-0.3, -0.25) is 4.90 Å². The lowest BCUT2D eigenvalue weighted by molar-refractivity contribution is 0.117. The molecule has 2 aliphatic rings. The number of nitrogens with one attached hydrogen (secondary N) is 2. The Kier molecular flexibility index (Phi) is 6.70. The first kappa shape index (κ1) is 18.2. The topological polar surface area (TPSA) is 64.6 Å². The first-order valence-corrected chi connectivity index (χ1v) is 9.72. The van der Waals surface area contributed by atoms with Gasteiger partial charge < -0.3 is 15.7 Å². The van der Waals surface area contributed by atoms with Gasteiger partial charge in [0.05, 0.1) is 6.10 Å². The first-order valence-electron chi connectivity index (χ1n) is 9.72. The molecule has 1 saturated heterocycles. The second kappa shape index (κ2) is 9.20. The van der Waals surface area contributed by atoms with E-state index in [1.54, 1.807) is 0 Å². The number of urea groups is 1. The van der Waals surface area contributed by atoms with Gasteiger partial charge in [-0.1, -0.05) is 30.7 Å². The fourth-order valence-electron chi connectivity index (χ4n) is 3.87. The second-order valence-electron chi connectivity index (χ2n) is 7.44. The average molecular weight is 345 g/mol. The maximum absolute atomic E-state index is 12.2. The van der Waals surface area contributed by atoms with Crippen molar-refractivity contribution in [3.8, 4) is 0 Å². The van der Waals surface area contributed by atoms with Crippen molar-refractivity contribution in [3.63, 3.8) is 0 Å². The van der Waals surface area contributed by atoms with Crippen LogP contribution in [-0.4, -0.2) is 41.3 Å². The predicted molar refractivity (Wildman–Crippen MR) is 99.2 cm³/mol. The summed E-state index contributed by atoms with van der Waals surface area (Å²) in [5, 5.41) is 15.6. The number of carbonyl (C=O) groups is 1. The quantitative estimate of drug-likeness (QED) is 0.769. The lowest BCUT2D eigenvalue weighted by atomic mass is 9.93. The highest BCUT2D eigenvalue weighted by Gasteiger charge is 2.20. The lowest BCUT2D eigenvalue weighted by Crippen LogP contribution is -2.44. The van der Waals surface area contributed by atoms with Crippen molar-refractivity contribution in [1.82, 2.24) is 15.5 Å². The fourth-order valence-corrected chi connectivity index (χ4v) is 3.87. The second-order valence-corrected chi connectivity index (χ2v) is 7.44. The van der Waals surface area contributed by atoms with E-state index in [2.05, 4.69) is 33.7 Å². The van der Waals surface area contributed by atoms with Crippen molar-refractivity contribution < 1.29 is 9.90 Å². The van der Waals surface area contributed by atoms with E-state index in [4.69, 9.17) is 0 Å². The molecule has 3 N–H and O–H groups in total. The summed E-state index contributed by atoms with van der Waals surface area (Å²) < 4.78 is 0. The Labute approximate surface area is 150 Å². The number of nitrogens with zero attached hydrogens (tertiary/aromatic N) is 1. The third-order valence-electron chi connectivity index (χ3n) is 5.43. The van der Waals surface area contributed by atoms with Crippen LogP contribution in [0.2, 0.25) is 0 Å². The number of amides is 2. The highest BCUT2D eigenvalue weighted by atomic mass is 16.3. The molecule has 1 aromatic rings. The Morgan fingerprint density at radius 1 is 1.04 bits per heavy atom. The van der Waals surface area contributed by atoms with Crippen LogP contribution in [0.4, 0.5) is 4.79 Å². The zero-order chi connectivity index (χ0) is 17.5. The van der Waals surface area contributed by atoms with Gasteiger partial charge in [-0.2, -0.15) is 0 Å². The van der Waals surface area contributed by atoms with Crippen LogP contribution in [0.15, 0.2) is 24.3 Å². The molecule has 0 radical (unpaired) electrons. The summed E-state index contributed by atoms with van der Waals surface area (Å²) in [4.78, 5) is 14.7. The minimum absolute atomic E-state index is 0.103. The fraction of sp³-hybridized carbons (Fsp3) is 0.650. The van der Waals surface area contributed by atoms with Crippen LogP contribution < -0.4 is 10.6 Å². The van der Waals surface area contributed by atoms with Gasteiger partial charge in [-0.05, 0) is 62.7 Å². The molecule has 2 fully saturated rings. The summed E-state index contributed by atoms with van der Waals surface area (Å²) in [6, 6.07) is 8.48. The summed E-state index contributed by atoms with van der Waals surface area (Å²) >= 11 is 0. The number of benzene rings is 1. The van der Waals surface area contributed by atoms with Gasteiger partial charge in [0.15, 0.2) is 0 Å². The third-order valence-corrected chi connectivity index (χ3v) is 5.43. The molecule has 0 aromatic heterocycles. The Balaban J connectivity index is 1.48. The molecule has 0 atom stereocenters. The average Bonchev–Trinajstić information content (AvgIpc) is 2.64. The van der Waals surface area contributed by atoms with Crippen molar-refractivity contribution in [2.24, 2.45) is 0 Å². The van der Waals surface area contributed by atoms with Gasteiger partial charge in [0, 0.05) is 19.1 Å².